The lowest BCUT2D eigenvalue weighted by molar-refractivity contribution is 0.209. The monoisotopic (exact) mass is 182 g/mol. The molecule has 2 N–H and O–H groups in total. The highest BCUT2D eigenvalue weighted by atomic mass is 15.2. The van der Waals surface area contributed by atoms with E-state index in [1.807, 2.05) is 0 Å². The number of rotatable bonds is 5. The van der Waals surface area contributed by atoms with Gasteiger partial charge in [-0.15, -0.1) is 0 Å². The van der Waals surface area contributed by atoms with Crippen LogP contribution in [-0.2, 0) is 0 Å². The van der Waals surface area contributed by atoms with Gasteiger partial charge in [0.15, 0.2) is 0 Å². The Morgan fingerprint density at radius 2 is 2.08 bits per heavy atom. The predicted octanol–water partition coefficient (Wildman–Crippen LogP) is 1.60. The van der Waals surface area contributed by atoms with Crippen LogP contribution >= 0.6 is 0 Å². The van der Waals surface area contributed by atoms with Gasteiger partial charge in [0, 0.05) is 12.6 Å². The summed E-state index contributed by atoms with van der Waals surface area (Å²) in [5.74, 6) is 1.06. The zero-order valence-electron chi connectivity index (χ0n) is 8.54. The number of unbranched alkanes of at least 4 members (excludes halogenated alkanes) is 2. The van der Waals surface area contributed by atoms with Gasteiger partial charge in [0.2, 0.25) is 0 Å². The summed E-state index contributed by atoms with van der Waals surface area (Å²) in [5.41, 5.74) is 5.47. The fourth-order valence-electron chi connectivity index (χ4n) is 2.94. The Kier molecular flexibility index (Phi) is 3.23. The topological polar surface area (TPSA) is 29.3 Å². The van der Waals surface area contributed by atoms with Gasteiger partial charge in [0.1, 0.15) is 0 Å². The van der Waals surface area contributed by atoms with Crippen LogP contribution in [0.25, 0.3) is 0 Å². The molecule has 0 aromatic heterocycles. The minimum absolute atomic E-state index is 0.867. The molecule has 2 nitrogen and oxygen atoms in total. The molecule has 0 radical (unpaired) electrons. The van der Waals surface area contributed by atoms with E-state index in [4.69, 9.17) is 5.73 Å². The van der Waals surface area contributed by atoms with E-state index in [-0.39, 0.29) is 0 Å². The van der Waals surface area contributed by atoms with Gasteiger partial charge in [0.25, 0.3) is 0 Å². The van der Waals surface area contributed by atoms with E-state index >= 15 is 0 Å². The van der Waals surface area contributed by atoms with Gasteiger partial charge in [-0.2, -0.15) is 0 Å². The summed E-state index contributed by atoms with van der Waals surface area (Å²) in [5, 5.41) is 0. The van der Waals surface area contributed by atoms with Crippen LogP contribution in [-0.4, -0.2) is 30.6 Å². The average Bonchev–Trinajstić information content (AvgIpc) is 2.73. The molecule has 0 spiro atoms. The predicted molar refractivity (Wildman–Crippen MR) is 55.6 cm³/mol. The average molecular weight is 182 g/mol. The molecule has 13 heavy (non-hydrogen) atoms. The van der Waals surface area contributed by atoms with Crippen LogP contribution in [0.15, 0.2) is 0 Å². The van der Waals surface area contributed by atoms with Crippen molar-refractivity contribution in [2.45, 2.75) is 44.6 Å². The Bertz CT molecular complexity index is 158. The Balaban J connectivity index is 1.60. The highest BCUT2D eigenvalue weighted by molar-refractivity contribution is 4.91. The molecule has 2 fully saturated rings. The molecule has 0 aromatic carbocycles. The molecular weight excluding hydrogens is 160 g/mol. The van der Waals surface area contributed by atoms with Crippen LogP contribution in [0.3, 0.4) is 0 Å². The van der Waals surface area contributed by atoms with Crippen molar-refractivity contribution in [2.75, 3.05) is 19.6 Å². The number of piperidine rings is 1. The number of nitrogens with zero attached hydrogens (tertiary/aromatic N) is 1. The van der Waals surface area contributed by atoms with E-state index < -0.39 is 0 Å². The number of hydrogen-bond donors (Lipinski definition) is 1. The summed E-state index contributed by atoms with van der Waals surface area (Å²) >= 11 is 0. The lowest BCUT2D eigenvalue weighted by Crippen LogP contribution is -2.32. The SMILES string of the molecule is NCCCCCN1CC2CCC1C2. The van der Waals surface area contributed by atoms with Crippen molar-refractivity contribution in [1.29, 1.82) is 0 Å². The first-order valence-electron chi connectivity index (χ1n) is 5.84. The van der Waals surface area contributed by atoms with Gasteiger partial charge in [-0.25, -0.2) is 0 Å². The lowest BCUT2D eigenvalue weighted by Gasteiger charge is -2.26. The third-order valence-corrected chi connectivity index (χ3v) is 3.67. The minimum Gasteiger partial charge on any atom is -0.330 e. The molecule has 1 saturated carbocycles. The maximum Gasteiger partial charge on any atom is 0.00985 e. The van der Waals surface area contributed by atoms with Crippen LogP contribution in [0.5, 0.6) is 0 Å². The third kappa shape index (κ3) is 2.23. The minimum atomic E-state index is 0.867. The van der Waals surface area contributed by atoms with Crippen molar-refractivity contribution >= 4 is 0 Å². The van der Waals surface area contributed by atoms with Crippen molar-refractivity contribution in [3.8, 4) is 0 Å². The van der Waals surface area contributed by atoms with Crippen molar-refractivity contribution in [2.24, 2.45) is 11.7 Å². The summed E-state index contributed by atoms with van der Waals surface area (Å²) in [4.78, 5) is 2.71. The molecule has 1 aliphatic carbocycles. The highest BCUT2D eigenvalue weighted by Crippen LogP contribution is 2.37. The van der Waals surface area contributed by atoms with Gasteiger partial charge in [-0.3, -0.25) is 0 Å². The zero-order chi connectivity index (χ0) is 9.10. The quantitative estimate of drug-likeness (QED) is 0.654. The fraction of sp³-hybridized carbons (Fsp3) is 1.00. The fourth-order valence-corrected chi connectivity index (χ4v) is 2.94. The van der Waals surface area contributed by atoms with Gasteiger partial charge in [-0.05, 0) is 51.1 Å². The number of likely N-dealkylation sites (tertiary alicyclic amines) is 1. The Morgan fingerprint density at radius 1 is 1.15 bits per heavy atom. The van der Waals surface area contributed by atoms with Gasteiger partial charge in [-0.1, -0.05) is 6.42 Å². The zero-order valence-corrected chi connectivity index (χ0v) is 8.54. The van der Waals surface area contributed by atoms with Crippen LogP contribution in [0.1, 0.15) is 38.5 Å². The van der Waals surface area contributed by atoms with Crippen molar-refractivity contribution < 1.29 is 0 Å². The summed E-state index contributed by atoms with van der Waals surface area (Å²) in [6, 6.07) is 0.961. The Labute approximate surface area is 81.5 Å². The first-order chi connectivity index (χ1) is 6.40. The smallest absolute Gasteiger partial charge is 0.00985 e. The molecule has 1 heterocycles. The first-order valence-corrected chi connectivity index (χ1v) is 5.84. The molecule has 76 valence electrons. The summed E-state index contributed by atoms with van der Waals surface area (Å²) < 4.78 is 0. The standard InChI is InChI=1S/C11H22N2/c12-6-2-1-3-7-13-9-10-4-5-11(13)8-10/h10-11H,1-9,12H2. The van der Waals surface area contributed by atoms with E-state index in [2.05, 4.69) is 4.90 Å². The maximum absolute atomic E-state index is 5.47. The summed E-state index contributed by atoms with van der Waals surface area (Å²) in [7, 11) is 0. The third-order valence-electron chi connectivity index (χ3n) is 3.67. The molecule has 2 rings (SSSR count). The second kappa shape index (κ2) is 4.43. The normalized spacial score (nSPS) is 33.0. The molecule has 1 aliphatic heterocycles. The van der Waals surface area contributed by atoms with Crippen molar-refractivity contribution in [3.05, 3.63) is 0 Å². The molecule has 0 aromatic rings. The molecule has 2 bridgehead atoms. The van der Waals surface area contributed by atoms with Crippen LogP contribution in [0, 0.1) is 5.92 Å². The summed E-state index contributed by atoms with van der Waals surface area (Å²) in [6.45, 7) is 3.60. The van der Waals surface area contributed by atoms with Gasteiger partial charge in [0.05, 0.1) is 0 Å². The maximum atomic E-state index is 5.47. The molecule has 1 saturated heterocycles. The molecule has 2 heteroatoms. The molecule has 2 atom stereocenters. The van der Waals surface area contributed by atoms with E-state index in [0.29, 0.717) is 0 Å². The second-order valence-electron chi connectivity index (χ2n) is 4.68. The van der Waals surface area contributed by atoms with Crippen LogP contribution in [0.4, 0.5) is 0 Å². The Hall–Kier alpha value is -0.0800. The first kappa shape index (κ1) is 9.47. The van der Waals surface area contributed by atoms with E-state index in [1.54, 1.807) is 0 Å². The molecule has 2 unspecified atom stereocenters. The van der Waals surface area contributed by atoms with Gasteiger partial charge < -0.3 is 10.6 Å². The van der Waals surface area contributed by atoms with Gasteiger partial charge >= 0.3 is 0 Å². The van der Waals surface area contributed by atoms with E-state index in [9.17, 15) is 0 Å². The molecular formula is C11H22N2. The van der Waals surface area contributed by atoms with E-state index in [0.717, 1.165) is 18.5 Å². The second-order valence-corrected chi connectivity index (χ2v) is 4.68. The van der Waals surface area contributed by atoms with Crippen molar-refractivity contribution in [3.63, 3.8) is 0 Å². The lowest BCUT2D eigenvalue weighted by atomic mass is 10.1. The molecule has 2 aliphatic rings. The summed E-state index contributed by atoms with van der Waals surface area (Å²) in [6.07, 6.45) is 8.37. The number of hydrogen-bond acceptors (Lipinski definition) is 2. The number of fused-ring (bicyclic) bond motifs is 2. The number of nitrogens with two attached hydrogens (primary N) is 1. The van der Waals surface area contributed by atoms with Crippen LogP contribution in [0.2, 0.25) is 0 Å². The van der Waals surface area contributed by atoms with Crippen molar-refractivity contribution in [1.82, 2.24) is 4.90 Å². The van der Waals surface area contributed by atoms with Crippen LogP contribution < -0.4 is 5.73 Å². The highest BCUT2D eigenvalue weighted by Gasteiger charge is 2.36. The Morgan fingerprint density at radius 3 is 2.69 bits per heavy atom. The largest absolute Gasteiger partial charge is 0.330 e. The molecule has 0 amide bonds. The van der Waals surface area contributed by atoms with E-state index in [1.165, 1.54) is 51.6 Å².